The number of likely N-dealkylation sites (tertiary alicyclic amines) is 1. The van der Waals surface area contributed by atoms with Crippen LogP contribution in [0.4, 0.5) is 4.39 Å². The summed E-state index contributed by atoms with van der Waals surface area (Å²) in [6.07, 6.45) is 4.14. The van der Waals surface area contributed by atoms with Gasteiger partial charge in [0.15, 0.2) is 0 Å². The van der Waals surface area contributed by atoms with Crippen LogP contribution in [0.25, 0.3) is 16.8 Å². The van der Waals surface area contributed by atoms with E-state index >= 15 is 0 Å². The molecular weight excluding hydrogens is 323 g/mol. The van der Waals surface area contributed by atoms with Crippen molar-refractivity contribution >= 4 is 12.1 Å². The number of carbonyl (C=O) groups is 1. The number of rotatable bonds is 3. The summed E-state index contributed by atoms with van der Waals surface area (Å²) in [7, 11) is 0. The minimum Gasteiger partial charge on any atom is -0.345 e. The average molecular weight is 340 g/mol. The highest BCUT2D eigenvalue weighted by Crippen LogP contribution is 2.29. The van der Waals surface area contributed by atoms with E-state index in [4.69, 9.17) is 0 Å². The fourth-order valence-electron chi connectivity index (χ4n) is 3.44. The Morgan fingerprint density at radius 3 is 2.60 bits per heavy atom. The SMILES string of the molecule is O=CN1CCC(c2cc(=O)[nH]c3c(-c4ccc(F)cc4)cnn23)CC1. The van der Waals surface area contributed by atoms with E-state index in [9.17, 15) is 14.0 Å². The van der Waals surface area contributed by atoms with E-state index in [1.807, 2.05) is 0 Å². The molecule has 0 saturated carbocycles. The third kappa shape index (κ3) is 2.82. The van der Waals surface area contributed by atoms with Crippen molar-refractivity contribution in [2.24, 2.45) is 0 Å². The largest absolute Gasteiger partial charge is 0.345 e. The van der Waals surface area contributed by atoms with Crippen LogP contribution in [0.3, 0.4) is 0 Å². The van der Waals surface area contributed by atoms with Crippen molar-refractivity contribution in [2.75, 3.05) is 13.1 Å². The molecule has 128 valence electrons. The van der Waals surface area contributed by atoms with Gasteiger partial charge in [0, 0.05) is 30.6 Å². The molecule has 0 radical (unpaired) electrons. The van der Waals surface area contributed by atoms with E-state index in [0.717, 1.165) is 36.1 Å². The first kappa shape index (κ1) is 15.6. The van der Waals surface area contributed by atoms with Crippen molar-refractivity contribution in [2.45, 2.75) is 18.8 Å². The maximum Gasteiger partial charge on any atom is 0.251 e. The predicted molar refractivity (Wildman–Crippen MR) is 90.8 cm³/mol. The zero-order valence-electron chi connectivity index (χ0n) is 13.5. The highest BCUT2D eigenvalue weighted by Gasteiger charge is 2.23. The number of nitrogens with one attached hydrogen (secondary N) is 1. The van der Waals surface area contributed by atoms with Crippen molar-refractivity contribution in [3.05, 3.63) is 58.4 Å². The Kier molecular flexibility index (Phi) is 3.83. The molecule has 1 fully saturated rings. The number of piperidine rings is 1. The Hall–Kier alpha value is -2.96. The molecule has 7 heteroatoms. The summed E-state index contributed by atoms with van der Waals surface area (Å²) in [5, 5.41) is 4.44. The molecule has 4 rings (SSSR count). The highest BCUT2D eigenvalue weighted by atomic mass is 19.1. The van der Waals surface area contributed by atoms with Crippen LogP contribution in [0.2, 0.25) is 0 Å². The highest BCUT2D eigenvalue weighted by molar-refractivity contribution is 5.76. The van der Waals surface area contributed by atoms with Crippen LogP contribution >= 0.6 is 0 Å². The zero-order valence-corrected chi connectivity index (χ0v) is 13.5. The van der Waals surface area contributed by atoms with E-state index < -0.39 is 0 Å². The Labute approximate surface area is 142 Å². The Morgan fingerprint density at radius 1 is 1.20 bits per heavy atom. The molecule has 1 saturated heterocycles. The second kappa shape index (κ2) is 6.16. The lowest BCUT2D eigenvalue weighted by Gasteiger charge is -2.29. The number of aromatic amines is 1. The number of hydrogen-bond donors (Lipinski definition) is 1. The molecule has 2 aromatic heterocycles. The molecule has 25 heavy (non-hydrogen) atoms. The number of carbonyl (C=O) groups excluding carboxylic acids is 1. The summed E-state index contributed by atoms with van der Waals surface area (Å²) in [6, 6.07) is 7.68. The number of amides is 1. The molecule has 1 aromatic carbocycles. The Bertz CT molecular complexity index is 969. The van der Waals surface area contributed by atoms with Gasteiger partial charge in [-0.15, -0.1) is 0 Å². The average Bonchev–Trinajstić information content (AvgIpc) is 3.05. The molecule has 0 unspecified atom stereocenters. The molecule has 0 spiro atoms. The van der Waals surface area contributed by atoms with Gasteiger partial charge in [0.2, 0.25) is 6.41 Å². The topological polar surface area (TPSA) is 70.5 Å². The van der Waals surface area contributed by atoms with Crippen molar-refractivity contribution in [3.63, 3.8) is 0 Å². The summed E-state index contributed by atoms with van der Waals surface area (Å²) in [6.45, 7) is 1.35. The lowest BCUT2D eigenvalue weighted by molar-refractivity contribution is -0.119. The second-order valence-electron chi connectivity index (χ2n) is 6.30. The number of nitrogens with zero attached hydrogens (tertiary/aromatic N) is 3. The lowest BCUT2D eigenvalue weighted by atomic mass is 9.93. The fraction of sp³-hybridized carbons (Fsp3) is 0.278. The molecule has 3 heterocycles. The molecule has 1 aliphatic rings. The summed E-state index contributed by atoms with van der Waals surface area (Å²) >= 11 is 0. The van der Waals surface area contributed by atoms with Crippen LogP contribution in [-0.4, -0.2) is 39.0 Å². The van der Waals surface area contributed by atoms with Crippen LogP contribution in [0.1, 0.15) is 24.5 Å². The van der Waals surface area contributed by atoms with Crippen LogP contribution in [0.5, 0.6) is 0 Å². The van der Waals surface area contributed by atoms with E-state index in [1.165, 1.54) is 12.1 Å². The summed E-state index contributed by atoms with van der Waals surface area (Å²) in [5.74, 6) is -0.140. The summed E-state index contributed by atoms with van der Waals surface area (Å²) in [5.41, 5.74) is 2.80. The minimum absolute atomic E-state index is 0.168. The molecule has 1 amide bonds. The van der Waals surface area contributed by atoms with Gasteiger partial charge in [-0.2, -0.15) is 5.10 Å². The summed E-state index contributed by atoms with van der Waals surface area (Å²) < 4.78 is 14.9. The van der Waals surface area contributed by atoms with Gasteiger partial charge in [-0.3, -0.25) is 9.59 Å². The maximum absolute atomic E-state index is 13.2. The molecule has 6 nitrogen and oxygen atoms in total. The molecule has 3 aromatic rings. The Balaban J connectivity index is 1.78. The number of fused-ring (bicyclic) bond motifs is 1. The van der Waals surface area contributed by atoms with Gasteiger partial charge in [-0.05, 0) is 30.5 Å². The first-order chi connectivity index (χ1) is 12.2. The molecule has 1 aliphatic heterocycles. The normalized spacial score (nSPS) is 15.6. The quantitative estimate of drug-likeness (QED) is 0.743. The number of aromatic nitrogens is 3. The van der Waals surface area contributed by atoms with Crippen molar-refractivity contribution in [1.82, 2.24) is 19.5 Å². The van der Waals surface area contributed by atoms with Gasteiger partial charge in [0.25, 0.3) is 5.56 Å². The van der Waals surface area contributed by atoms with Gasteiger partial charge in [-0.1, -0.05) is 12.1 Å². The lowest BCUT2D eigenvalue weighted by Crippen LogP contribution is -2.32. The zero-order chi connectivity index (χ0) is 17.4. The van der Waals surface area contributed by atoms with E-state index in [0.29, 0.717) is 18.7 Å². The summed E-state index contributed by atoms with van der Waals surface area (Å²) in [4.78, 5) is 27.6. The van der Waals surface area contributed by atoms with Crippen LogP contribution in [-0.2, 0) is 4.79 Å². The van der Waals surface area contributed by atoms with Gasteiger partial charge in [0.1, 0.15) is 11.5 Å². The monoisotopic (exact) mass is 340 g/mol. The van der Waals surface area contributed by atoms with Crippen LogP contribution < -0.4 is 5.56 Å². The Morgan fingerprint density at radius 2 is 1.92 bits per heavy atom. The van der Waals surface area contributed by atoms with E-state index in [2.05, 4.69) is 10.1 Å². The van der Waals surface area contributed by atoms with Crippen LogP contribution in [0.15, 0.2) is 41.3 Å². The number of benzene rings is 1. The van der Waals surface area contributed by atoms with E-state index in [-0.39, 0.29) is 17.3 Å². The second-order valence-corrected chi connectivity index (χ2v) is 6.30. The third-order valence-corrected chi connectivity index (χ3v) is 4.79. The third-order valence-electron chi connectivity index (χ3n) is 4.79. The standard InChI is InChI=1S/C18H17FN4O2/c19-14-3-1-12(2-4-14)15-10-20-23-16(9-17(25)21-18(15)23)13-5-7-22(11-24)8-6-13/h1-4,9-11,13H,5-8H2,(H,21,25). The van der Waals surface area contributed by atoms with Crippen molar-refractivity contribution < 1.29 is 9.18 Å². The fourth-order valence-corrected chi connectivity index (χ4v) is 3.44. The molecule has 1 N–H and O–H groups in total. The number of hydrogen-bond acceptors (Lipinski definition) is 3. The van der Waals surface area contributed by atoms with Crippen molar-refractivity contribution in [3.8, 4) is 11.1 Å². The minimum atomic E-state index is -0.309. The van der Waals surface area contributed by atoms with E-state index in [1.54, 1.807) is 33.8 Å². The van der Waals surface area contributed by atoms with Gasteiger partial charge in [0.05, 0.1) is 11.9 Å². The van der Waals surface area contributed by atoms with Gasteiger partial charge in [-0.25, -0.2) is 8.91 Å². The molecule has 0 aliphatic carbocycles. The first-order valence-corrected chi connectivity index (χ1v) is 8.22. The molecule has 0 atom stereocenters. The molecular formula is C18H17FN4O2. The smallest absolute Gasteiger partial charge is 0.251 e. The van der Waals surface area contributed by atoms with Crippen LogP contribution in [0, 0.1) is 5.82 Å². The van der Waals surface area contributed by atoms with Crippen molar-refractivity contribution in [1.29, 1.82) is 0 Å². The predicted octanol–water partition coefficient (Wildman–Crippen LogP) is 2.16. The number of H-pyrrole nitrogens is 1. The van der Waals surface area contributed by atoms with Gasteiger partial charge < -0.3 is 9.88 Å². The number of halogens is 1. The molecule has 0 bridgehead atoms. The van der Waals surface area contributed by atoms with Gasteiger partial charge >= 0.3 is 0 Å². The maximum atomic E-state index is 13.2. The first-order valence-electron chi connectivity index (χ1n) is 8.22.